The van der Waals surface area contributed by atoms with Crippen LogP contribution in [0.1, 0.15) is 11.1 Å². The van der Waals surface area contributed by atoms with Gasteiger partial charge in [-0.15, -0.1) is 0 Å². The van der Waals surface area contributed by atoms with Gasteiger partial charge in [0.25, 0.3) is 0 Å². The van der Waals surface area contributed by atoms with Crippen molar-refractivity contribution in [2.24, 2.45) is 5.73 Å². The molecule has 0 spiro atoms. The quantitative estimate of drug-likeness (QED) is 0.825. The van der Waals surface area contributed by atoms with Gasteiger partial charge in [0, 0.05) is 18.1 Å². The van der Waals surface area contributed by atoms with Gasteiger partial charge < -0.3 is 11.1 Å². The molecule has 3 N–H and O–H groups in total. The molecule has 84 valence electrons. The van der Waals surface area contributed by atoms with Crippen molar-refractivity contribution < 1.29 is 0 Å². The van der Waals surface area contributed by atoms with E-state index in [2.05, 4.69) is 38.9 Å². The average Bonchev–Trinajstić information content (AvgIpc) is 2.82. The minimum atomic E-state index is 0.697. The van der Waals surface area contributed by atoms with Crippen LogP contribution >= 0.6 is 11.5 Å². The van der Waals surface area contributed by atoms with Crippen molar-refractivity contribution in [2.75, 3.05) is 11.9 Å². The van der Waals surface area contributed by atoms with E-state index in [9.17, 15) is 0 Å². The summed E-state index contributed by atoms with van der Waals surface area (Å²) in [7, 11) is 0. The second kappa shape index (κ2) is 5.58. The van der Waals surface area contributed by atoms with Gasteiger partial charge in [-0.25, -0.2) is 4.98 Å². The molecule has 0 saturated heterocycles. The van der Waals surface area contributed by atoms with Crippen LogP contribution in [0.25, 0.3) is 0 Å². The standard InChI is InChI=1S/C11H14N4S/c12-6-5-9-1-3-10(4-2-9)7-13-11-14-8-15-16-11/h1-4,8H,5-7,12H2,(H,13,14,15). The first-order valence-electron chi connectivity index (χ1n) is 5.17. The number of hydrogen-bond donors (Lipinski definition) is 2. The molecule has 1 heterocycles. The Balaban J connectivity index is 1.90. The molecule has 0 bridgehead atoms. The molecule has 2 rings (SSSR count). The van der Waals surface area contributed by atoms with Crippen LogP contribution in [0, 0.1) is 0 Å². The first kappa shape index (κ1) is 11.0. The number of anilines is 1. The van der Waals surface area contributed by atoms with Crippen LogP contribution in [-0.4, -0.2) is 15.9 Å². The Kier molecular flexibility index (Phi) is 3.85. The van der Waals surface area contributed by atoms with E-state index in [4.69, 9.17) is 5.73 Å². The lowest BCUT2D eigenvalue weighted by atomic mass is 10.1. The molecular weight excluding hydrogens is 220 g/mol. The zero-order chi connectivity index (χ0) is 11.2. The molecule has 0 aliphatic rings. The molecule has 0 amide bonds. The van der Waals surface area contributed by atoms with Crippen molar-refractivity contribution in [3.05, 3.63) is 41.7 Å². The highest BCUT2D eigenvalue weighted by Crippen LogP contribution is 2.10. The summed E-state index contributed by atoms with van der Waals surface area (Å²) in [5.74, 6) is 0. The van der Waals surface area contributed by atoms with Crippen molar-refractivity contribution >= 4 is 16.7 Å². The summed E-state index contributed by atoms with van der Waals surface area (Å²) in [5, 5.41) is 4.07. The molecule has 0 fully saturated rings. The largest absolute Gasteiger partial charge is 0.356 e. The van der Waals surface area contributed by atoms with Crippen LogP contribution < -0.4 is 11.1 Å². The van der Waals surface area contributed by atoms with E-state index >= 15 is 0 Å². The highest BCUT2D eigenvalue weighted by atomic mass is 32.1. The SMILES string of the molecule is NCCc1ccc(CNc2ncns2)cc1. The third-order valence-electron chi connectivity index (χ3n) is 2.26. The van der Waals surface area contributed by atoms with Crippen LogP contribution in [0.3, 0.4) is 0 Å². The molecule has 4 nitrogen and oxygen atoms in total. The fourth-order valence-electron chi connectivity index (χ4n) is 1.42. The molecule has 1 aromatic carbocycles. The Labute approximate surface area is 98.7 Å². The molecule has 0 radical (unpaired) electrons. The Morgan fingerprint density at radius 3 is 2.56 bits per heavy atom. The maximum atomic E-state index is 5.50. The minimum absolute atomic E-state index is 0.697. The van der Waals surface area contributed by atoms with Crippen LogP contribution in [0.2, 0.25) is 0 Å². The third-order valence-corrected chi connectivity index (χ3v) is 2.88. The van der Waals surface area contributed by atoms with E-state index in [0.29, 0.717) is 6.54 Å². The number of nitrogens with one attached hydrogen (secondary N) is 1. The van der Waals surface area contributed by atoms with Gasteiger partial charge in [-0.1, -0.05) is 24.3 Å². The van der Waals surface area contributed by atoms with Crippen molar-refractivity contribution in [3.8, 4) is 0 Å². The van der Waals surface area contributed by atoms with Crippen molar-refractivity contribution in [3.63, 3.8) is 0 Å². The van der Waals surface area contributed by atoms with E-state index < -0.39 is 0 Å². The van der Waals surface area contributed by atoms with Gasteiger partial charge in [-0.05, 0) is 24.1 Å². The van der Waals surface area contributed by atoms with Gasteiger partial charge >= 0.3 is 0 Å². The van der Waals surface area contributed by atoms with E-state index in [1.165, 1.54) is 22.7 Å². The summed E-state index contributed by atoms with van der Waals surface area (Å²) < 4.78 is 3.93. The summed E-state index contributed by atoms with van der Waals surface area (Å²) >= 11 is 1.36. The Hall–Kier alpha value is -1.46. The summed E-state index contributed by atoms with van der Waals surface area (Å²) in [4.78, 5) is 4.06. The van der Waals surface area contributed by atoms with Crippen LogP contribution in [-0.2, 0) is 13.0 Å². The highest BCUT2D eigenvalue weighted by molar-refractivity contribution is 7.09. The maximum absolute atomic E-state index is 5.50. The monoisotopic (exact) mass is 234 g/mol. The van der Waals surface area contributed by atoms with E-state index in [-0.39, 0.29) is 0 Å². The molecule has 1 aromatic heterocycles. The van der Waals surface area contributed by atoms with Gasteiger partial charge in [-0.2, -0.15) is 4.37 Å². The van der Waals surface area contributed by atoms with Gasteiger partial charge in [-0.3, -0.25) is 0 Å². The van der Waals surface area contributed by atoms with Crippen molar-refractivity contribution in [2.45, 2.75) is 13.0 Å². The van der Waals surface area contributed by atoms with Gasteiger partial charge in [0.05, 0.1) is 0 Å². The predicted octanol–water partition coefficient (Wildman–Crippen LogP) is 1.65. The molecular formula is C11H14N4S. The van der Waals surface area contributed by atoms with Crippen LogP contribution in [0.4, 0.5) is 5.13 Å². The Morgan fingerprint density at radius 1 is 1.19 bits per heavy atom. The number of nitrogens with zero attached hydrogens (tertiary/aromatic N) is 2. The summed E-state index contributed by atoms with van der Waals surface area (Å²) in [5.41, 5.74) is 8.01. The van der Waals surface area contributed by atoms with E-state index in [1.807, 2.05) is 0 Å². The zero-order valence-electron chi connectivity index (χ0n) is 8.89. The highest BCUT2D eigenvalue weighted by Gasteiger charge is 1.97. The number of nitrogens with two attached hydrogens (primary N) is 1. The fraction of sp³-hybridized carbons (Fsp3) is 0.273. The third kappa shape index (κ3) is 3.01. The van der Waals surface area contributed by atoms with Crippen molar-refractivity contribution in [1.82, 2.24) is 9.36 Å². The average molecular weight is 234 g/mol. The molecule has 5 heteroatoms. The molecule has 16 heavy (non-hydrogen) atoms. The number of aromatic nitrogens is 2. The normalized spacial score (nSPS) is 10.3. The molecule has 0 atom stereocenters. The maximum Gasteiger partial charge on any atom is 0.202 e. The van der Waals surface area contributed by atoms with Gasteiger partial charge in [0.1, 0.15) is 6.33 Å². The number of benzene rings is 1. The lowest BCUT2D eigenvalue weighted by Crippen LogP contribution is -2.03. The summed E-state index contributed by atoms with van der Waals surface area (Å²) in [6.45, 7) is 1.47. The molecule has 0 aliphatic carbocycles. The Morgan fingerprint density at radius 2 is 1.94 bits per heavy atom. The fourth-order valence-corrected chi connectivity index (χ4v) is 1.84. The zero-order valence-corrected chi connectivity index (χ0v) is 9.70. The lowest BCUT2D eigenvalue weighted by molar-refractivity contribution is 0.966. The lowest BCUT2D eigenvalue weighted by Gasteiger charge is -2.04. The van der Waals surface area contributed by atoms with E-state index in [1.54, 1.807) is 6.33 Å². The molecule has 0 unspecified atom stereocenters. The van der Waals surface area contributed by atoms with Crippen molar-refractivity contribution in [1.29, 1.82) is 0 Å². The molecule has 2 aromatic rings. The first-order chi connectivity index (χ1) is 7.88. The second-order valence-corrected chi connectivity index (χ2v) is 4.24. The molecule has 0 saturated carbocycles. The minimum Gasteiger partial charge on any atom is -0.356 e. The summed E-state index contributed by atoms with van der Waals surface area (Å²) in [6.07, 6.45) is 2.49. The smallest absolute Gasteiger partial charge is 0.202 e. The van der Waals surface area contributed by atoms with Gasteiger partial charge in [0.2, 0.25) is 5.13 Å². The van der Waals surface area contributed by atoms with Gasteiger partial charge in [0.15, 0.2) is 0 Å². The summed E-state index contributed by atoms with van der Waals surface area (Å²) in [6, 6.07) is 8.45. The van der Waals surface area contributed by atoms with E-state index in [0.717, 1.165) is 18.1 Å². The second-order valence-electron chi connectivity index (χ2n) is 3.46. The number of hydrogen-bond acceptors (Lipinski definition) is 5. The van der Waals surface area contributed by atoms with Crippen LogP contribution in [0.15, 0.2) is 30.6 Å². The molecule has 0 aliphatic heterocycles. The van der Waals surface area contributed by atoms with Crippen LogP contribution in [0.5, 0.6) is 0 Å². The first-order valence-corrected chi connectivity index (χ1v) is 5.94. The topological polar surface area (TPSA) is 63.8 Å². The predicted molar refractivity (Wildman–Crippen MR) is 66.4 cm³/mol. The Bertz CT molecular complexity index is 410. The number of rotatable bonds is 5.